The molecule has 1 aromatic heterocycles. The standard InChI is InChI=1S/C27H35F3N4O8S/c1-5-33-15-23(24(32-33)40-11-10-35)43(38,39)34-14-19(13-20(16(2)36)17-6-7-17)41-22-9-8-18(12-21(22)34)31-25(37)42-26(3,4)27(28,29)30/h8-9,12,15,17,19-20,35H,5-7,10-11,13-14H2,1-4H3,(H,31,37). The number of rotatable bonds is 12. The molecule has 1 saturated carbocycles. The summed E-state index contributed by atoms with van der Waals surface area (Å²) < 4.78 is 86.5. The van der Waals surface area contributed by atoms with Gasteiger partial charge < -0.3 is 19.3 Å². The lowest BCUT2D eigenvalue weighted by atomic mass is 9.92. The number of aliphatic hydroxyl groups excluding tert-OH is 1. The summed E-state index contributed by atoms with van der Waals surface area (Å²) in [7, 11) is -4.43. The smallest absolute Gasteiger partial charge is 0.427 e. The van der Waals surface area contributed by atoms with E-state index in [-0.39, 0.29) is 71.7 Å². The summed E-state index contributed by atoms with van der Waals surface area (Å²) in [6.07, 6.45) is -3.59. The molecule has 2 unspecified atom stereocenters. The van der Waals surface area contributed by atoms with Crippen LogP contribution in [-0.2, 0) is 26.1 Å². The number of nitrogens with one attached hydrogen (secondary N) is 1. The number of aromatic nitrogens is 2. The van der Waals surface area contributed by atoms with Crippen LogP contribution in [0.1, 0.15) is 47.0 Å². The normalized spacial score (nSPS) is 18.0. The van der Waals surface area contributed by atoms with Crippen molar-refractivity contribution in [3.8, 4) is 11.6 Å². The molecular weight excluding hydrogens is 597 g/mol. The lowest BCUT2D eigenvalue weighted by Gasteiger charge is -2.36. The summed E-state index contributed by atoms with van der Waals surface area (Å²) in [4.78, 5) is 24.4. The zero-order valence-electron chi connectivity index (χ0n) is 24.2. The van der Waals surface area contributed by atoms with Crippen molar-refractivity contribution in [3.05, 3.63) is 24.4 Å². The van der Waals surface area contributed by atoms with Crippen molar-refractivity contribution in [2.24, 2.45) is 11.8 Å². The zero-order valence-corrected chi connectivity index (χ0v) is 25.0. The van der Waals surface area contributed by atoms with Gasteiger partial charge in [0.05, 0.1) is 18.8 Å². The summed E-state index contributed by atoms with van der Waals surface area (Å²) in [6.45, 7) is 4.15. The minimum Gasteiger partial charge on any atom is -0.486 e. The van der Waals surface area contributed by atoms with Crippen molar-refractivity contribution >= 4 is 33.3 Å². The van der Waals surface area contributed by atoms with Crippen LogP contribution in [0.5, 0.6) is 11.6 Å². The number of fused-ring (bicyclic) bond motifs is 1. The molecular formula is C27H35F3N4O8S. The number of amides is 1. The Hall–Kier alpha value is -3.53. The van der Waals surface area contributed by atoms with Crippen LogP contribution < -0.4 is 19.1 Å². The second-order valence-corrected chi connectivity index (χ2v) is 12.8. The highest BCUT2D eigenvalue weighted by Gasteiger charge is 2.51. The van der Waals surface area contributed by atoms with Crippen LogP contribution in [0.4, 0.5) is 29.3 Å². The van der Waals surface area contributed by atoms with Gasteiger partial charge in [0.15, 0.2) is 4.90 Å². The minimum atomic E-state index is -4.83. The second kappa shape index (κ2) is 12.2. The first-order valence-electron chi connectivity index (χ1n) is 13.8. The van der Waals surface area contributed by atoms with Gasteiger partial charge in [-0.25, -0.2) is 13.2 Å². The molecule has 16 heteroatoms. The van der Waals surface area contributed by atoms with Crippen LogP contribution in [0, 0.1) is 11.8 Å². The van der Waals surface area contributed by atoms with Gasteiger partial charge in [-0.1, -0.05) is 0 Å². The van der Waals surface area contributed by atoms with E-state index in [1.807, 2.05) is 0 Å². The van der Waals surface area contributed by atoms with E-state index < -0.39 is 34.0 Å². The number of aryl methyl sites for hydroxylation is 1. The third-order valence-corrected chi connectivity index (χ3v) is 9.08. The molecule has 1 aliphatic carbocycles. The summed E-state index contributed by atoms with van der Waals surface area (Å²) in [5.74, 6) is -0.238. The maximum Gasteiger partial charge on any atom is 0.427 e. The van der Waals surface area contributed by atoms with Crippen molar-refractivity contribution in [3.63, 3.8) is 0 Å². The number of sulfonamides is 1. The average molecular weight is 633 g/mol. The van der Waals surface area contributed by atoms with Gasteiger partial charge in [0, 0.05) is 24.3 Å². The quantitative estimate of drug-likeness (QED) is 0.352. The highest BCUT2D eigenvalue weighted by molar-refractivity contribution is 7.93. The second-order valence-electron chi connectivity index (χ2n) is 11.0. The lowest BCUT2D eigenvalue weighted by molar-refractivity contribution is -0.242. The van der Waals surface area contributed by atoms with Crippen molar-refractivity contribution < 1.29 is 50.5 Å². The predicted molar refractivity (Wildman–Crippen MR) is 148 cm³/mol. The third kappa shape index (κ3) is 7.17. The maximum atomic E-state index is 14.2. The molecule has 0 radical (unpaired) electrons. The molecule has 0 saturated heterocycles. The first-order chi connectivity index (χ1) is 20.1. The fourth-order valence-electron chi connectivity index (χ4n) is 4.73. The number of nitrogens with zero attached hydrogens (tertiary/aromatic N) is 3. The first-order valence-corrected chi connectivity index (χ1v) is 15.2. The fourth-order valence-corrected chi connectivity index (χ4v) is 6.31. The topological polar surface area (TPSA) is 149 Å². The molecule has 1 fully saturated rings. The van der Waals surface area contributed by atoms with Gasteiger partial charge in [0.1, 0.15) is 24.2 Å². The molecule has 0 bridgehead atoms. The number of ether oxygens (including phenoxy) is 3. The summed E-state index contributed by atoms with van der Waals surface area (Å²) in [5, 5.41) is 15.6. The van der Waals surface area contributed by atoms with Crippen LogP contribution in [0.15, 0.2) is 29.3 Å². The molecule has 1 amide bonds. The Morgan fingerprint density at radius 3 is 2.53 bits per heavy atom. The molecule has 1 aliphatic heterocycles. The Balaban J connectivity index is 1.71. The fraction of sp³-hybridized carbons (Fsp3) is 0.593. The summed E-state index contributed by atoms with van der Waals surface area (Å²) >= 11 is 0. The molecule has 43 heavy (non-hydrogen) atoms. The van der Waals surface area contributed by atoms with Gasteiger partial charge in [-0.15, -0.1) is 5.10 Å². The number of aliphatic hydroxyl groups is 1. The monoisotopic (exact) mass is 632 g/mol. The number of halogens is 3. The number of carbonyl (C=O) groups is 2. The largest absolute Gasteiger partial charge is 0.486 e. The van der Waals surface area contributed by atoms with Crippen LogP contribution in [-0.4, -0.2) is 72.8 Å². The highest BCUT2D eigenvalue weighted by atomic mass is 32.2. The maximum absolute atomic E-state index is 14.2. The molecule has 2 aliphatic rings. The van der Waals surface area contributed by atoms with E-state index in [4.69, 9.17) is 9.47 Å². The van der Waals surface area contributed by atoms with Crippen LogP contribution in [0.2, 0.25) is 0 Å². The van der Waals surface area contributed by atoms with Crippen LogP contribution in [0.3, 0.4) is 0 Å². The van der Waals surface area contributed by atoms with E-state index in [0.717, 1.165) is 17.1 Å². The number of carbonyl (C=O) groups excluding carboxylic acids is 2. The van der Waals surface area contributed by atoms with Crippen LogP contribution >= 0.6 is 0 Å². The number of Topliss-reactive ketones (excluding diaryl/α,β-unsaturated/α-hetero) is 1. The Labute approximate surface area is 247 Å². The van der Waals surface area contributed by atoms with E-state index in [1.165, 1.54) is 36.0 Å². The van der Waals surface area contributed by atoms with Gasteiger partial charge >= 0.3 is 12.3 Å². The van der Waals surface area contributed by atoms with E-state index in [9.17, 15) is 36.3 Å². The van der Waals surface area contributed by atoms with E-state index in [1.54, 1.807) is 6.92 Å². The number of hydrogen-bond acceptors (Lipinski definition) is 9. The number of ketones is 1. The SMILES string of the molecule is CCn1cc(S(=O)(=O)N2CC(CC(C(C)=O)C3CC3)Oc3ccc(NC(=O)OC(C)(C)C(F)(F)F)cc32)c(OCCO)n1. The Morgan fingerprint density at radius 1 is 1.26 bits per heavy atom. The lowest BCUT2D eigenvalue weighted by Crippen LogP contribution is -2.45. The molecule has 2 atom stereocenters. The number of benzene rings is 1. The molecule has 238 valence electrons. The Bertz CT molecular complexity index is 1460. The van der Waals surface area contributed by atoms with Crippen molar-refractivity contribution in [1.82, 2.24) is 9.78 Å². The van der Waals surface area contributed by atoms with Crippen molar-refractivity contribution in [1.29, 1.82) is 0 Å². The van der Waals surface area contributed by atoms with Crippen LogP contribution in [0.25, 0.3) is 0 Å². The molecule has 2 N–H and O–H groups in total. The molecule has 2 heterocycles. The summed E-state index contributed by atoms with van der Waals surface area (Å²) in [6, 6.07) is 3.96. The predicted octanol–water partition coefficient (Wildman–Crippen LogP) is 4.13. The Morgan fingerprint density at radius 2 is 1.95 bits per heavy atom. The van der Waals surface area contributed by atoms with E-state index in [0.29, 0.717) is 20.4 Å². The Kier molecular flexibility index (Phi) is 9.21. The van der Waals surface area contributed by atoms with E-state index in [2.05, 4.69) is 15.2 Å². The van der Waals surface area contributed by atoms with Gasteiger partial charge in [-0.3, -0.25) is 19.1 Å². The zero-order chi connectivity index (χ0) is 31.7. The number of anilines is 2. The molecule has 0 spiro atoms. The molecule has 1 aromatic carbocycles. The minimum absolute atomic E-state index is 0.00714. The van der Waals surface area contributed by atoms with Gasteiger partial charge in [-0.05, 0) is 71.1 Å². The van der Waals surface area contributed by atoms with Gasteiger partial charge in [-0.2, -0.15) is 13.2 Å². The highest BCUT2D eigenvalue weighted by Crippen LogP contribution is 2.44. The number of alkyl halides is 3. The summed E-state index contributed by atoms with van der Waals surface area (Å²) in [5.41, 5.74) is -2.84. The first kappa shape index (κ1) is 32.4. The third-order valence-electron chi connectivity index (χ3n) is 7.32. The molecule has 2 aromatic rings. The molecule has 4 rings (SSSR count). The van der Waals surface area contributed by atoms with Gasteiger partial charge in [0.25, 0.3) is 15.9 Å². The average Bonchev–Trinajstić information content (AvgIpc) is 3.66. The van der Waals surface area contributed by atoms with Gasteiger partial charge in [0.2, 0.25) is 5.60 Å². The number of hydrogen-bond donors (Lipinski definition) is 2. The van der Waals surface area contributed by atoms with Crippen molar-refractivity contribution in [2.45, 2.75) is 76.3 Å². The van der Waals surface area contributed by atoms with E-state index >= 15 is 0 Å². The van der Waals surface area contributed by atoms with Crippen molar-refractivity contribution in [2.75, 3.05) is 29.4 Å². The molecule has 12 nitrogen and oxygen atoms in total.